The van der Waals surface area contributed by atoms with Crippen LogP contribution in [0.2, 0.25) is 10.0 Å². The molecular formula is C22H28Cl2F5NO3. The fraction of sp³-hybridized carbons (Fsp3) is 0.682. The molecule has 1 aromatic rings. The summed E-state index contributed by atoms with van der Waals surface area (Å²) < 4.78 is 68.6. The number of alkyl halides is 5. The normalized spacial score (nSPS) is 21.1. The third-order valence-corrected chi connectivity index (χ3v) is 6.96. The van der Waals surface area contributed by atoms with Gasteiger partial charge in [0.05, 0.1) is 11.4 Å². The Kier molecular flexibility index (Phi) is 10.1. The molecule has 0 aromatic heterocycles. The summed E-state index contributed by atoms with van der Waals surface area (Å²) in [5.41, 5.74) is 0.142. The molecule has 0 spiro atoms. The van der Waals surface area contributed by atoms with Crippen molar-refractivity contribution in [3.63, 3.8) is 0 Å². The summed E-state index contributed by atoms with van der Waals surface area (Å²) in [7, 11) is 0. The quantitative estimate of drug-likeness (QED) is 0.379. The number of halogens is 7. The number of nitrogens with zero attached hydrogens (tertiary/aromatic N) is 1. The van der Waals surface area contributed by atoms with E-state index in [2.05, 4.69) is 4.74 Å². The summed E-state index contributed by atoms with van der Waals surface area (Å²) in [6.45, 7) is 0.891. The summed E-state index contributed by atoms with van der Waals surface area (Å²) in [6, 6.07) is 2.11. The molecule has 1 aliphatic carbocycles. The van der Waals surface area contributed by atoms with E-state index in [1.165, 1.54) is 12.1 Å². The van der Waals surface area contributed by atoms with E-state index in [1.54, 1.807) is 11.8 Å². The van der Waals surface area contributed by atoms with Crippen LogP contribution in [0.4, 0.5) is 22.0 Å². The standard InChI is InChI=1S/C22H28Cl2F5NO3/c1-3-9-30(12(2)13-5-4-6-14(10-13)20(32)22(27,28)29)18(31)11-15-16(23)7-8-17(19(15)24)33-21(25)26/h7-8,12-14,20-21,32H,3-6,9-11H2,1-2H3/t12-,13-,14+,20-/m0/s1. The molecule has 11 heteroatoms. The van der Waals surface area contributed by atoms with Gasteiger partial charge in [-0.15, -0.1) is 0 Å². The number of aliphatic hydroxyl groups is 1. The number of amides is 1. The zero-order valence-corrected chi connectivity index (χ0v) is 19.9. The van der Waals surface area contributed by atoms with E-state index in [4.69, 9.17) is 23.2 Å². The average Bonchev–Trinajstić information content (AvgIpc) is 2.75. The molecule has 1 fully saturated rings. The molecule has 0 heterocycles. The predicted molar refractivity (Wildman–Crippen MR) is 116 cm³/mol. The molecule has 0 bridgehead atoms. The van der Waals surface area contributed by atoms with Gasteiger partial charge >= 0.3 is 12.8 Å². The van der Waals surface area contributed by atoms with Crippen LogP contribution >= 0.6 is 23.2 Å². The number of rotatable bonds is 9. The van der Waals surface area contributed by atoms with Crippen LogP contribution in [0.1, 0.15) is 51.5 Å². The smallest absolute Gasteiger partial charge is 0.414 e. The van der Waals surface area contributed by atoms with Crippen molar-refractivity contribution in [2.45, 2.75) is 77.3 Å². The Morgan fingerprint density at radius 1 is 1.24 bits per heavy atom. The number of benzene rings is 1. The number of carbonyl (C=O) groups excluding carboxylic acids is 1. The average molecular weight is 520 g/mol. The highest BCUT2D eigenvalue weighted by molar-refractivity contribution is 6.37. The van der Waals surface area contributed by atoms with Gasteiger partial charge in [-0.25, -0.2) is 0 Å². The number of aliphatic hydroxyl groups excluding tert-OH is 1. The number of carbonyl (C=O) groups is 1. The van der Waals surface area contributed by atoms with E-state index in [1.807, 2.05) is 6.92 Å². The van der Waals surface area contributed by atoms with Gasteiger partial charge in [0.15, 0.2) is 6.10 Å². The Labute approximate surface area is 200 Å². The molecule has 4 atom stereocenters. The van der Waals surface area contributed by atoms with E-state index in [0.717, 1.165) is 0 Å². The molecule has 1 aliphatic rings. The summed E-state index contributed by atoms with van der Waals surface area (Å²) in [5, 5.41) is 9.63. The SMILES string of the molecule is CCCN(C(=O)Cc1c(Cl)ccc(OC(F)F)c1Cl)[C@@H](C)[C@H]1CCC[C@@H]([C@H](O)C(F)(F)F)C1. The molecule has 0 unspecified atom stereocenters. The molecule has 1 aromatic carbocycles. The molecule has 33 heavy (non-hydrogen) atoms. The van der Waals surface area contributed by atoms with Crippen molar-refractivity contribution in [1.82, 2.24) is 4.90 Å². The molecule has 4 nitrogen and oxygen atoms in total. The van der Waals surface area contributed by atoms with Crippen molar-refractivity contribution in [2.75, 3.05) is 6.54 Å². The first-order valence-corrected chi connectivity index (χ1v) is 11.6. The van der Waals surface area contributed by atoms with E-state index in [0.29, 0.717) is 25.8 Å². The third kappa shape index (κ3) is 7.33. The van der Waals surface area contributed by atoms with Crippen LogP contribution < -0.4 is 4.74 Å². The van der Waals surface area contributed by atoms with E-state index < -0.39 is 30.9 Å². The van der Waals surface area contributed by atoms with Crippen LogP contribution in [0.5, 0.6) is 5.75 Å². The lowest BCUT2D eigenvalue weighted by atomic mass is 9.75. The van der Waals surface area contributed by atoms with E-state index in [9.17, 15) is 31.9 Å². The fourth-order valence-corrected chi connectivity index (χ4v) is 5.04. The first-order valence-electron chi connectivity index (χ1n) is 10.8. The number of hydrogen-bond acceptors (Lipinski definition) is 3. The zero-order chi connectivity index (χ0) is 24.9. The van der Waals surface area contributed by atoms with Crippen molar-refractivity contribution < 1.29 is 36.6 Å². The molecule has 0 saturated heterocycles. The Bertz CT molecular complexity index is 809. The van der Waals surface area contributed by atoms with Crippen LogP contribution in [0.15, 0.2) is 12.1 Å². The fourth-order valence-electron chi connectivity index (χ4n) is 4.49. The highest BCUT2D eigenvalue weighted by Gasteiger charge is 2.45. The van der Waals surface area contributed by atoms with Gasteiger partial charge in [-0.05, 0) is 56.6 Å². The van der Waals surface area contributed by atoms with Crippen LogP contribution in [0, 0.1) is 11.8 Å². The third-order valence-electron chi connectivity index (χ3n) is 6.19. The van der Waals surface area contributed by atoms with Gasteiger partial charge in [0.2, 0.25) is 5.91 Å². The minimum atomic E-state index is -4.69. The van der Waals surface area contributed by atoms with Crippen LogP contribution in [-0.2, 0) is 11.2 Å². The number of hydrogen-bond donors (Lipinski definition) is 1. The second-order valence-corrected chi connectivity index (χ2v) is 9.18. The van der Waals surface area contributed by atoms with Crippen LogP contribution in [0.25, 0.3) is 0 Å². The lowest BCUT2D eigenvalue weighted by Crippen LogP contribution is -2.47. The molecule has 188 valence electrons. The number of ether oxygens (including phenoxy) is 1. The molecular weight excluding hydrogens is 492 g/mol. The monoisotopic (exact) mass is 519 g/mol. The highest BCUT2D eigenvalue weighted by Crippen LogP contribution is 2.40. The second-order valence-electron chi connectivity index (χ2n) is 8.39. The van der Waals surface area contributed by atoms with E-state index >= 15 is 0 Å². The van der Waals surface area contributed by atoms with Gasteiger partial charge < -0.3 is 14.7 Å². The minimum absolute atomic E-state index is 0.116. The molecule has 1 N–H and O–H groups in total. The predicted octanol–water partition coefficient (Wildman–Crippen LogP) is 6.49. The molecule has 1 saturated carbocycles. The topological polar surface area (TPSA) is 49.8 Å². The van der Waals surface area contributed by atoms with Crippen molar-refractivity contribution in [2.24, 2.45) is 11.8 Å². The van der Waals surface area contributed by atoms with E-state index in [-0.39, 0.29) is 52.4 Å². The minimum Gasteiger partial charge on any atom is -0.433 e. The maximum Gasteiger partial charge on any atom is 0.414 e. The summed E-state index contributed by atoms with van der Waals surface area (Å²) in [5.74, 6) is -1.82. The Balaban J connectivity index is 2.20. The van der Waals surface area contributed by atoms with Crippen LogP contribution in [0.3, 0.4) is 0 Å². The lowest BCUT2D eigenvalue weighted by Gasteiger charge is -2.40. The van der Waals surface area contributed by atoms with Crippen molar-refractivity contribution in [3.05, 3.63) is 27.7 Å². The second kappa shape index (κ2) is 11.9. The Morgan fingerprint density at radius 2 is 1.88 bits per heavy atom. The molecule has 0 radical (unpaired) electrons. The van der Waals surface area contributed by atoms with Gasteiger partial charge in [-0.1, -0.05) is 36.5 Å². The van der Waals surface area contributed by atoms with Gasteiger partial charge in [-0.2, -0.15) is 22.0 Å². The van der Waals surface area contributed by atoms with Crippen molar-refractivity contribution in [3.8, 4) is 5.75 Å². The van der Waals surface area contributed by atoms with Crippen LogP contribution in [-0.4, -0.2) is 47.4 Å². The largest absolute Gasteiger partial charge is 0.433 e. The van der Waals surface area contributed by atoms with Crippen molar-refractivity contribution >= 4 is 29.1 Å². The Hall–Kier alpha value is -1.32. The van der Waals surface area contributed by atoms with Crippen molar-refractivity contribution in [1.29, 1.82) is 0 Å². The van der Waals surface area contributed by atoms with Gasteiger partial charge in [0.25, 0.3) is 0 Å². The molecule has 1 amide bonds. The summed E-state index contributed by atoms with van der Waals surface area (Å²) in [4.78, 5) is 14.8. The van der Waals surface area contributed by atoms with Gasteiger partial charge in [0, 0.05) is 23.2 Å². The lowest BCUT2D eigenvalue weighted by molar-refractivity contribution is -0.224. The highest BCUT2D eigenvalue weighted by atomic mass is 35.5. The van der Waals surface area contributed by atoms with Gasteiger partial charge in [0.1, 0.15) is 5.75 Å². The summed E-state index contributed by atoms with van der Waals surface area (Å²) in [6.07, 6.45) is -5.17. The molecule has 0 aliphatic heterocycles. The maximum atomic E-state index is 13.2. The maximum absolute atomic E-state index is 13.2. The summed E-state index contributed by atoms with van der Waals surface area (Å²) >= 11 is 12.3. The Morgan fingerprint density at radius 3 is 2.45 bits per heavy atom. The first kappa shape index (κ1) is 27.9. The zero-order valence-electron chi connectivity index (χ0n) is 18.3. The molecule has 2 rings (SSSR count). The first-order chi connectivity index (χ1) is 15.4. The van der Waals surface area contributed by atoms with Gasteiger partial charge in [-0.3, -0.25) is 4.79 Å².